The number of fused-ring (bicyclic) bond motifs is 3. The quantitative estimate of drug-likeness (QED) is 0.448. The molecule has 0 aliphatic heterocycles. The molecule has 0 fully saturated rings. The Morgan fingerprint density at radius 2 is 1.60 bits per heavy atom. The van der Waals surface area contributed by atoms with Crippen LogP contribution in [-0.2, 0) is 17.1 Å². The summed E-state index contributed by atoms with van der Waals surface area (Å²) in [6.07, 6.45) is 3.62. The van der Waals surface area contributed by atoms with Crippen molar-refractivity contribution in [3.63, 3.8) is 0 Å². The molecule has 1 aromatic carbocycles. The number of hydrogen-bond donors (Lipinski definition) is 0. The van der Waals surface area contributed by atoms with Gasteiger partial charge in [-0.2, -0.15) is 0 Å². The molecule has 0 saturated carbocycles. The maximum atomic E-state index is 4.37. The summed E-state index contributed by atoms with van der Waals surface area (Å²) in [5.41, 5.74) is 2.02. The van der Waals surface area contributed by atoms with E-state index in [9.17, 15) is 0 Å². The van der Waals surface area contributed by atoms with E-state index in [4.69, 9.17) is 0 Å². The van der Waals surface area contributed by atoms with E-state index in [0.717, 1.165) is 21.8 Å². The Labute approximate surface area is 97.8 Å². The van der Waals surface area contributed by atoms with Crippen LogP contribution >= 0.6 is 0 Å². The van der Waals surface area contributed by atoms with Crippen LogP contribution < -0.4 is 0 Å². The molecule has 0 amide bonds. The second kappa shape index (κ2) is 3.97. The normalized spacial score (nSPS) is 10.1. The maximum Gasteiger partial charge on any atom is 0.0795 e. The summed E-state index contributed by atoms with van der Waals surface area (Å²) >= 11 is 0. The van der Waals surface area contributed by atoms with Gasteiger partial charge in [-0.3, -0.25) is 9.97 Å². The van der Waals surface area contributed by atoms with Gasteiger partial charge < -0.3 is 0 Å². The molecule has 3 rings (SSSR count). The molecule has 2 aromatic heterocycles. The Kier molecular flexibility index (Phi) is 2.67. The van der Waals surface area contributed by atoms with Gasteiger partial charge in [0.15, 0.2) is 0 Å². The van der Waals surface area contributed by atoms with Crippen molar-refractivity contribution in [3.8, 4) is 0 Å². The van der Waals surface area contributed by atoms with E-state index in [0.29, 0.717) is 0 Å². The van der Waals surface area contributed by atoms with Crippen LogP contribution in [0.1, 0.15) is 0 Å². The van der Waals surface area contributed by atoms with Crippen LogP contribution in [0.15, 0.2) is 48.8 Å². The van der Waals surface area contributed by atoms with Crippen LogP contribution in [0.2, 0.25) is 0 Å². The average Bonchev–Trinajstić information content (AvgIpc) is 2.29. The van der Waals surface area contributed by atoms with Crippen LogP contribution in [0, 0.1) is 0 Å². The number of hydrogen-bond acceptors (Lipinski definition) is 2. The third kappa shape index (κ3) is 1.60. The molecule has 0 bridgehead atoms. The zero-order chi connectivity index (χ0) is 9.38. The standard InChI is InChI=1S/C12H8N2.Cu/c1-3-9-5-6-11-10(4-2-7-13-11)12(9)14-8-1;/h1-8H;. The Morgan fingerprint density at radius 3 is 2.53 bits per heavy atom. The minimum Gasteiger partial charge on any atom is -0.256 e. The van der Waals surface area contributed by atoms with E-state index in [1.54, 1.807) is 6.20 Å². The summed E-state index contributed by atoms with van der Waals surface area (Å²) in [7, 11) is 0. The van der Waals surface area contributed by atoms with E-state index in [1.165, 1.54) is 0 Å². The first-order valence-corrected chi connectivity index (χ1v) is 4.53. The van der Waals surface area contributed by atoms with Crippen LogP contribution in [0.5, 0.6) is 0 Å². The van der Waals surface area contributed by atoms with Crippen molar-refractivity contribution in [2.45, 2.75) is 0 Å². The second-order valence-electron chi connectivity index (χ2n) is 3.21. The van der Waals surface area contributed by atoms with Crippen molar-refractivity contribution < 1.29 is 17.1 Å². The van der Waals surface area contributed by atoms with Gasteiger partial charge in [-0.15, -0.1) is 0 Å². The molecule has 77 valence electrons. The van der Waals surface area contributed by atoms with Crippen LogP contribution in [0.4, 0.5) is 0 Å². The third-order valence-corrected chi connectivity index (χ3v) is 2.35. The van der Waals surface area contributed by atoms with E-state index in [2.05, 4.69) is 28.2 Å². The smallest absolute Gasteiger partial charge is 0.0795 e. The van der Waals surface area contributed by atoms with Crippen molar-refractivity contribution in [2.75, 3.05) is 0 Å². The SMILES string of the molecule is [Cu].c1cnc2c(c1)ccc1ncccc12. The summed E-state index contributed by atoms with van der Waals surface area (Å²) in [5, 5.41) is 2.28. The molecular weight excluding hydrogens is 236 g/mol. The van der Waals surface area contributed by atoms with Crippen LogP contribution in [0.25, 0.3) is 21.8 Å². The molecule has 0 unspecified atom stereocenters. The zero-order valence-electron chi connectivity index (χ0n) is 7.81. The topological polar surface area (TPSA) is 25.8 Å². The fraction of sp³-hybridized carbons (Fsp3) is 0. The Hall–Kier alpha value is -1.44. The molecular formula is C12H8CuN2. The van der Waals surface area contributed by atoms with E-state index in [-0.39, 0.29) is 17.1 Å². The predicted octanol–water partition coefficient (Wildman–Crippen LogP) is 2.78. The molecule has 0 atom stereocenters. The van der Waals surface area contributed by atoms with Gasteiger partial charge in [0.25, 0.3) is 0 Å². The van der Waals surface area contributed by atoms with Crippen molar-refractivity contribution in [1.82, 2.24) is 9.97 Å². The molecule has 3 heteroatoms. The molecule has 0 spiro atoms. The first-order valence-electron chi connectivity index (χ1n) is 4.53. The van der Waals surface area contributed by atoms with E-state index in [1.807, 2.05) is 24.4 Å². The third-order valence-electron chi connectivity index (χ3n) is 2.35. The fourth-order valence-corrected chi connectivity index (χ4v) is 1.70. The van der Waals surface area contributed by atoms with Crippen LogP contribution in [0.3, 0.4) is 0 Å². The summed E-state index contributed by atoms with van der Waals surface area (Å²) < 4.78 is 0. The van der Waals surface area contributed by atoms with E-state index < -0.39 is 0 Å². The van der Waals surface area contributed by atoms with E-state index >= 15 is 0 Å². The van der Waals surface area contributed by atoms with Gasteiger partial charge in [0.05, 0.1) is 11.0 Å². The predicted molar refractivity (Wildman–Crippen MR) is 57.0 cm³/mol. The van der Waals surface area contributed by atoms with Crippen molar-refractivity contribution in [2.24, 2.45) is 0 Å². The van der Waals surface area contributed by atoms with Crippen molar-refractivity contribution >= 4 is 21.8 Å². The van der Waals surface area contributed by atoms with Crippen LogP contribution in [-0.4, -0.2) is 9.97 Å². The largest absolute Gasteiger partial charge is 0.256 e. The summed E-state index contributed by atoms with van der Waals surface area (Å²) in [6, 6.07) is 12.1. The summed E-state index contributed by atoms with van der Waals surface area (Å²) in [5.74, 6) is 0. The molecule has 1 radical (unpaired) electrons. The first kappa shape index (κ1) is 10.1. The Morgan fingerprint density at radius 1 is 0.800 bits per heavy atom. The number of pyridine rings is 2. The first-order chi connectivity index (χ1) is 6.95. The monoisotopic (exact) mass is 243 g/mol. The Bertz CT molecular complexity index is 553. The average molecular weight is 244 g/mol. The molecule has 2 heterocycles. The molecule has 0 aliphatic rings. The number of benzene rings is 1. The van der Waals surface area contributed by atoms with Gasteiger partial charge in [0, 0.05) is 40.2 Å². The molecule has 0 saturated heterocycles. The van der Waals surface area contributed by atoms with Gasteiger partial charge in [0.2, 0.25) is 0 Å². The summed E-state index contributed by atoms with van der Waals surface area (Å²) in [4.78, 5) is 8.66. The van der Waals surface area contributed by atoms with Crippen molar-refractivity contribution in [3.05, 3.63) is 48.8 Å². The van der Waals surface area contributed by atoms with Gasteiger partial charge in [0.1, 0.15) is 0 Å². The minimum absolute atomic E-state index is 0. The molecule has 0 aliphatic carbocycles. The molecule has 2 nitrogen and oxygen atoms in total. The number of rotatable bonds is 0. The molecule has 0 N–H and O–H groups in total. The van der Waals surface area contributed by atoms with Gasteiger partial charge >= 0.3 is 0 Å². The molecule has 3 aromatic rings. The van der Waals surface area contributed by atoms with Gasteiger partial charge in [-0.25, -0.2) is 0 Å². The molecule has 15 heavy (non-hydrogen) atoms. The zero-order valence-corrected chi connectivity index (χ0v) is 8.76. The maximum absolute atomic E-state index is 4.37. The Balaban J connectivity index is 0.000000853. The number of nitrogens with zero attached hydrogens (tertiary/aromatic N) is 2. The second-order valence-corrected chi connectivity index (χ2v) is 3.21. The number of aromatic nitrogens is 2. The fourth-order valence-electron chi connectivity index (χ4n) is 1.70. The van der Waals surface area contributed by atoms with Crippen molar-refractivity contribution in [1.29, 1.82) is 0 Å². The summed E-state index contributed by atoms with van der Waals surface area (Å²) in [6.45, 7) is 0. The van der Waals surface area contributed by atoms with Gasteiger partial charge in [-0.05, 0) is 24.3 Å². The minimum atomic E-state index is 0. The van der Waals surface area contributed by atoms with Gasteiger partial charge in [-0.1, -0.05) is 12.1 Å².